The lowest BCUT2D eigenvalue weighted by Crippen LogP contribution is -2.14. The van der Waals surface area contributed by atoms with Crippen molar-refractivity contribution >= 4 is 17.5 Å². The van der Waals surface area contributed by atoms with Crippen LogP contribution < -0.4 is 11.1 Å². The predicted octanol–water partition coefficient (Wildman–Crippen LogP) is 1.83. The number of hydrogen-bond donors (Lipinski definition) is 2. The molecule has 0 radical (unpaired) electrons. The summed E-state index contributed by atoms with van der Waals surface area (Å²) in [7, 11) is 0. The highest BCUT2D eigenvalue weighted by Crippen LogP contribution is 2.16. The zero-order valence-corrected chi connectivity index (χ0v) is 10.8. The molecule has 98 valence electrons. The maximum atomic E-state index is 12.1. The summed E-state index contributed by atoms with van der Waals surface area (Å²) in [6, 6.07) is 6.63. The summed E-state index contributed by atoms with van der Waals surface area (Å²) in [6.45, 7) is 3.98. The smallest absolute Gasteiger partial charge is 0.257 e. The molecule has 0 aliphatic heterocycles. The van der Waals surface area contributed by atoms with Gasteiger partial charge in [0.25, 0.3) is 5.91 Å². The van der Waals surface area contributed by atoms with Crippen molar-refractivity contribution in [2.24, 2.45) is 0 Å². The molecule has 6 nitrogen and oxygen atoms in total. The maximum Gasteiger partial charge on any atom is 0.257 e. The third kappa shape index (κ3) is 3.25. The molecule has 0 aliphatic carbocycles. The molecule has 0 spiro atoms. The average Bonchev–Trinajstić information content (AvgIpc) is 2.39. The molecular formula is C13H15N5O. The first-order chi connectivity index (χ1) is 9.06. The predicted molar refractivity (Wildman–Crippen MR) is 72.7 cm³/mol. The molecule has 0 unspecified atom stereocenters. The highest BCUT2D eigenvalue weighted by molar-refractivity contribution is 6.04. The minimum absolute atomic E-state index is 0.201. The summed E-state index contributed by atoms with van der Waals surface area (Å²) < 4.78 is 0. The van der Waals surface area contributed by atoms with E-state index in [1.54, 1.807) is 18.2 Å². The van der Waals surface area contributed by atoms with Gasteiger partial charge in [0.15, 0.2) is 5.82 Å². The van der Waals surface area contributed by atoms with Gasteiger partial charge in [-0.1, -0.05) is 13.8 Å². The van der Waals surface area contributed by atoms with Gasteiger partial charge >= 0.3 is 0 Å². The van der Waals surface area contributed by atoms with Crippen LogP contribution in [0.5, 0.6) is 0 Å². The van der Waals surface area contributed by atoms with E-state index in [1.807, 2.05) is 13.8 Å². The van der Waals surface area contributed by atoms with Crippen molar-refractivity contribution in [2.45, 2.75) is 19.8 Å². The molecule has 1 amide bonds. The van der Waals surface area contributed by atoms with Crippen LogP contribution in [0.25, 0.3) is 0 Å². The second kappa shape index (κ2) is 5.43. The van der Waals surface area contributed by atoms with E-state index in [0.29, 0.717) is 17.2 Å². The second-order valence-corrected chi connectivity index (χ2v) is 4.42. The van der Waals surface area contributed by atoms with Crippen LogP contribution in [-0.4, -0.2) is 21.1 Å². The van der Waals surface area contributed by atoms with E-state index in [-0.39, 0.29) is 11.8 Å². The number of rotatable bonds is 3. The van der Waals surface area contributed by atoms with Crippen molar-refractivity contribution in [2.75, 3.05) is 11.1 Å². The lowest BCUT2D eigenvalue weighted by Gasteiger charge is -2.09. The molecule has 0 bridgehead atoms. The van der Waals surface area contributed by atoms with E-state index >= 15 is 0 Å². The molecule has 0 atom stereocenters. The number of carbonyl (C=O) groups excluding carboxylic acids is 1. The zero-order valence-electron chi connectivity index (χ0n) is 10.8. The number of pyridine rings is 1. The Morgan fingerprint density at radius 3 is 2.79 bits per heavy atom. The molecule has 2 heterocycles. The molecule has 0 aliphatic rings. The Hall–Kier alpha value is -2.50. The lowest BCUT2D eigenvalue weighted by molar-refractivity contribution is 0.102. The molecule has 3 N–H and O–H groups in total. The van der Waals surface area contributed by atoms with E-state index in [0.717, 1.165) is 5.69 Å². The Morgan fingerprint density at radius 2 is 2.16 bits per heavy atom. The fourth-order valence-corrected chi connectivity index (χ4v) is 1.56. The van der Waals surface area contributed by atoms with E-state index in [2.05, 4.69) is 20.5 Å². The number of amides is 1. The number of hydrogen-bond acceptors (Lipinski definition) is 5. The standard InChI is InChI=1S/C13H15N5O/c1-8(2)10-6-9(7-11(14)16-10)13(19)17-12-4-3-5-15-18-12/h3-8H,1-2H3,(H2,14,16)(H,17,18,19). The summed E-state index contributed by atoms with van der Waals surface area (Å²) in [5.74, 6) is 0.646. The molecule has 2 aromatic rings. The molecule has 2 rings (SSSR count). The molecule has 2 aromatic heterocycles. The summed E-state index contributed by atoms with van der Waals surface area (Å²) >= 11 is 0. The molecule has 0 saturated carbocycles. The van der Waals surface area contributed by atoms with Gasteiger partial charge in [-0.05, 0) is 30.2 Å². The normalized spacial score (nSPS) is 10.5. The summed E-state index contributed by atoms with van der Waals surface area (Å²) in [5, 5.41) is 10.1. The van der Waals surface area contributed by atoms with E-state index in [9.17, 15) is 4.79 Å². The average molecular weight is 257 g/mol. The quantitative estimate of drug-likeness (QED) is 0.874. The van der Waals surface area contributed by atoms with Gasteiger partial charge in [-0.15, -0.1) is 5.10 Å². The Labute approximate surface area is 111 Å². The fraction of sp³-hybridized carbons (Fsp3) is 0.231. The highest BCUT2D eigenvalue weighted by atomic mass is 16.1. The largest absolute Gasteiger partial charge is 0.384 e. The molecular weight excluding hydrogens is 242 g/mol. The highest BCUT2D eigenvalue weighted by Gasteiger charge is 2.11. The number of nitrogens with two attached hydrogens (primary N) is 1. The van der Waals surface area contributed by atoms with Crippen molar-refractivity contribution < 1.29 is 4.79 Å². The van der Waals surface area contributed by atoms with Crippen molar-refractivity contribution in [1.29, 1.82) is 0 Å². The van der Waals surface area contributed by atoms with E-state index < -0.39 is 0 Å². The van der Waals surface area contributed by atoms with Crippen molar-refractivity contribution in [3.05, 3.63) is 41.7 Å². The van der Waals surface area contributed by atoms with Crippen molar-refractivity contribution in [1.82, 2.24) is 15.2 Å². The van der Waals surface area contributed by atoms with Gasteiger partial charge in [0.2, 0.25) is 0 Å². The Balaban J connectivity index is 2.24. The summed E-state index contributed by atoms with van der Waals surface area (Å²) in [4.78, 5) is 16.3. The van der Waals surface area contributed by atoms with Gasteiger partial charge in [-0.2, -0.15) is 5.10 Å². The molecule has 0 fully saturated rings. The number of nitrogens with zero attached hydrogens (tertiary/aromatic N) is 3. The minimum Gasteiger partial charge on any atom is -0.384 e. The van der Waals surface area contributed by atoms with Gasteiger partial charge in [0.05, 0.1) is 0 Å². The second-order valence-electron chi connectivity index (χ2n) is 4.42. The van der Waals surface area contributed by atoms with Crippen molar-refractivity contribution in [3.63, 3.8) is 0 Å². The number of nitrogen functional groups attached to an aromatic ring is 1. The lowest BCUT2D eigenvalue weighted by atomic mass is 10.1. The maximum absolute atomic E-state index is 12.1. The van der Waals surface area contributed by atoms with Crippen LogP contribution in [0, 0.1) is 0 Å². The third-order valence-corrected chi connectivity index (χ3v) is 2.53. The van der Waals surface area contributed by atoms with Crippen LogP contribution >= 0.6 is 0 Å². The van der Waals surface area contributed by atoms with Crippen LogP contribution in [-0.2, 0) is 0 Å². The first-order valence-corrected chi connectivity index (χ1v) is 5.93. The monoisotopic (exact) mass is 257 g/mol. The van der Waals surface area contributed by atoms with Crippen LogP contribution in [0.15, 0.2) is 30.5 Å². The van der Waals surface area contributed by atoms with Crippen LogP contribution in [0.3, 0.4) is 0 Å². The first-order valence-electron chi connectivity index (χ1n) is 5.93. The number of carbonyl (C=O) groups is 1. The SMILES string of the molecule is CC(C)c1cc(C(=O)Nc2cccnn2)cc(N)n1. The molecule has 0 aromatic carbocycles. The topological polar surface area (TPSA) is 93.8 Å². The fourth-order valence-electron chi connectivity index (χ4n) is 1.56. The molecule has 19 heavy (non-hydrogen) atoms. The van der Waals surface area contributed by atoms with Crippen LogP contribution in [0.1, 0.15) is 35.8 Å². The molecule has 0 saturated heterocycles. The van der Waals surface area contributed by atoms with Crippen molar-refractivity contribution in [3.8, 4) is 0 Å². The van der Waals surface area contributed by atoms with Gasteiger partial charge in [-0.3, -0.25) is 4.79 Å². The third-order valence-electron chi connectivity index (χ3n) is 2.53. The minimum atomic E-state index is -0.281. The number of nitrogens with one attached hydrogen (secondary N) is 1. The Kier molecular flexibility index (Phi) is 3.70. The first kappa shape index (κ1) is 12.9. The number of aromatic nitrogens is 3. The van der Waals surface area contributed by atoms with E-state index in [1.165, 1.54) is 12.3 Å². The Bertz CT molecular complexity index is 583. The van der Waals surface area contributed by atoms with Gasteiger partial charge < -0.3 is 11.1 Å². The summed E-state index contributed by atoms with van der Waals surface area (Å²) in [5.41, 5.74) is 6.95. The van der Waals surface area contributed by atoms with Gasteiger partial charge in [0, 0.05) is 17.5 Å². The zero-order chi connectivity index (χ0) is 13.8. The summed E-state index contributed by atoms with van der Waals surface area (Å²) in [6.07, 6.45) is 1.54. The van der Waals surface area contributed by atoms with Gasteiger partial charge in [-0.25, -0.2) is 4.98 Å². The van der Waals surface area contributed by atoms with Gasteiger partial charge in [0.1, 0.15) is 5.82 Å². The van der Waals surface area contributed by atoms with Crippen LogP contribution in [0.2, 0.25) is 0 Å². The number of anilines is 2. The molecule has 6 heteroatoms. The van der Waals surface area contributed by atoms with Crippen LogP contribution in [0.4, 0.5) is 11.6 Å². The Morgan fingerprint density at radius 1 is 1.37 bits per heavy atom. The van der Waals surface area contributed by atoms with E-state index in [4.69, 9.17) is 5.73 Å².